The van der Waals surface area contributed by atoms with Gasteiger partial charge in [-0.1, -0.05) is 59.6 Å². The number of benzene rings is 2. The van der Waals surface area contributed by atoms with Gasteiger partial charge in [-0.25, -0.2) is 10.4 Å². The van der Waals surface area contributed by atoms with Crippen LogP contribution in [-0.2, 0) is 11.2 Å². The number of nitrogens with one attached hydrogen (secondary N) is 1. The second-order valence-corrected chi connectivity index (χ2v) is 7.67. The molecule has 0 aliphatic carbocycles. The number of aromatic nitrogens is 2. The molecule has 1 amide bonds. The van der Waals surface area contributed by atoms with Gasteiger partial charge in [0.2, 0.25) is 5.91 Å². The molecule has 2 aromatic heterocycles. The van der Waals surface area contributed by atoms with E-state index in [1.165, 1.54) is 5.56 Å². The van der Waals surface area contributed by atoms with Crippen molar-refractivity contribution in [2.24, 2.45) is 5.10 Å². The molecule has 4 aromatic rings. The minimum absolute atomic E-state index is 0.159. The van der Waals surface area contributed by atoms with E-state index < -0.39 is 0 Å². The first-order valence-electron chi connectivity index (χ1n) is 9.62. The molecule has 0 atom stereocenters. The van der Waals surface area contributed by atoms with Gasteiger partial charge in [0.05, 0.1) is 24.0 Å². The monoisotopic (exact) mass is 416 g/mol. The van der Waals surface area contributed by atoms with Gasteiger partial charge in [0.1, 0.15) is 5.65 Å². The maximum atomic E-state index is 12.6. The predicted octanol–water partition coefficient (Wildman–Crippen LogP) is 4.96. The van der Waals surface area contributed by atoms with Gasteiger partial charge in [0.15, 0.2) is 0 Å². The first kappa shape index (κ1) is 19.9. The van der Waals surface area contributed by atoms with E-state index in [1.54, 1.807) is 18.3 Å². The Balaban J connectivity index is 1.61. The van der Waals surface area contributed by atoms with Crippen molar-refractivity contribution >= 4 is 29.4 Å². The van der Waals surface area contributed by atoms with Crippen molar-refractivity contribution in [1.29, 1.82) is 0 Å². The third kappa shape index (κ3) is 4.42. The van der Waals surface area contributed by atoms with Crippen molar-refractivity contribution in [3.05, 3.63) is 94.3 Å². The zero-order valence-electron chi connectivity index (χ0n) is 16.8. The summed E-state index contributed by atoms with van der Waals surface area (Å²) < 4.78 is 1.98. The lowest BCUT2D eigenvalue weighted by molar-refractivity contribution is -0.120. The second-order valence-electron chi connectivity index (χ2n) is 7.23. The van der Waals surface area contributed by atoms with Gasteiger partial charge >= 0.3 is 0 Å². The summed E-state index contributed by atoms with van der Waals surface area (Å²) in [7, 11) is 0. The van der Waals surface area contributed by atoms with Crippen LogP contribution in [0.3, 0.4) is 0 Å². The van der Waals surface area contributed by atoms with Crippen LogP contribution in [0.1, 0.15) is 22.4 Å². The van der Waals surface area contributed by atoms with Crippen LogP contribution in [0.5, 0.6) is 0 Å². The summed E-state index contributed by atoms with van der Waals surface area (Å²) in [5.74, 6) is -0.211. The Labute approximate surface area is 180 Å². The number of carbonyl (C=O) groups is 1. The van der Waals surface area contributed by atoms with E-state index in [2.05, 4.69) is 10.5 Å². The summed E-state index contributed by atoms with van der Waals surface area (Å²) in [4.78, 5) is 17.4. The minimum Gasteiger partial charge on any atom is -0.303 e. The number of fused-ring (bicyclic) bond motifs is 1. The molecule has 0 bridgehead atoms. The molecule has 0 saturated carbocycles. The van der Waals surface area contributed by atoms with Crippen molar-refractivity contribution < 1.29 is 4.79 Å². The second kappa shape index (κ2) is 8.51. The Hall–Kier alpha value is -3.44. The van der Waals surface area contributed by atoms with Crippen molar-refractivity contribution in [3.63, 3.8) is 0 Å². The molecule has 2 aromatic carbocycles. The molecule has 30 heavy (non-hydrogen) atoms. The fourth-order valence-corrected chi connectivity index (χ4v) is 3.36. The summed E-state index contributed by atoms with van der Waals surface area (Å²) in [5.41, 5.74) is 9.15. The number of halogens is 1. The summed E-state index contributed by atoms with van der Waals surface area (Å²) in [6.45, 7) is 4.06. The highest BCUT2D eigenvalue weighted by Gasteiger charge is 2.17. The average molecular weight is 417 g/mol. The number of imidazole rings is 1. The normalized spacial score (nSPS) is 11.3. The molecular weight excluding hydrogens is 396 g/mol. The fourth-order valence-electron chi connectivity index (χ4n) is 3.23. The number of nitrogens with zero attached hydrogens (tertiary/aromatic N) is 3. The van der Waals surface area contributed by atoms with Crippen LogP contribution in [0.2, 0.25) is 5.02 Å². The number of carbonyl (C=O) groups excluding carboxylic acids is 1. The van der Waals surface area contributed by atoms with Gasteiger partial charge < -0.3 is 4.40 Å². The first-order valence-corrected chi connectivity index (χ1v) is 9.99. The summed E-state index contributed by atoms with van der Waals surface area (Å²) in [6.07, 6.45) is 3.75. The zero-order chi connectivity index (χ0) is 21.1. The zero-order valence-corrected chi connectivity index (χ0v) is 17.5. The van der Waals surface area contributed by atoms with E-state index >= 15 is 0 Å². The topological polar surface area (TPSA) is 58.8 Å². The van der Waals surface area contributed by atoms with E-state index in [0.717, 1.165) is 33.7 Å². The quantitative estimate of drug-likeness (QED) is 0.369. The van der Waals surface area contributed by atoms with Gasteiger partial charge in [0.25, 0.3) is 0 Å². The Kier molecular flexibility index (Phi) is 5.63. The van der Waals surface area contributed by atoms with Crippen molar-refractivity contribution in [1.82, 2.24) is 14.8 Å². The molecule has 150 valence electrons. The number of rotatable bonds is 5. The largest absolute Gasteiger partial charge is 0.303 e. The van der Waals surface area contributed by atoms with Gasteiger partial charge in [-0.3, -0.25) is 4.79 Å². The molecule has 0 spiro atoms. The Morgan fingerprint density at radius 3 is 2.47 bits per heavy atom. The Bertz CT molecular complexity index is 1220. The van der Waals surface area contributed by atoms with Crippen LogP contribution < -0.4 is 5.43 Å². The first-order chi connectivity index (χ1) is 14.5. The van der Waals surface area contributed by atoms with Crippen LogP contribution in [0.4, 0.5) is 0 Å². The van der Waals surface area contributed by atoms with Crippen LogP contribution in [0.25, 0.3) is 16.9 Å². The highest BCUT2D eigenvalue weighted by Crippen LogP contribution is 2.26. The van der Waals surface area contributed by atoms with Crippen molar-refractivity contribution in [3.8, 4) is 11.3 Å². The lowest BCUT2D eigenvalue weighted by Gasteiger charge is -2.06. The van der Waals surface area contributed by atoms with Crippen molar-refractivity contribution in [2.75, 3.05) is 0 Å². The molecule has 0 radical (unpaired) electrons. The van der Waals surface area contributed by atoms with Gasteiger partial charge in [0, 0.05) is 16.8 Å². The molecule has 0 aliphatic heterocycles. The summed E-state index contributed by atoms with van der Waals surface area (Å²) in [5, 5.41) is 4.72. The van der Waals surface area contributed by atoms with Crippen LogP contribution in [0, 0.1) is 13.8 Å². The summed E-state index contributed by atoms with van der Waals surface area (Å²) >= 11 is 5.89. The molecule has 0 saturated heterocycles. The summed E-state index contributed by atoms with van der Waals surface area (Å²) in [6, 6.07) is 19.4. The average Bonchev–Trinajstić information content (AvgIpc) is 3.07. The highest BCUT2D eigenvalue weighted by molar-refractivity contribution is 6.30. The maximum absolute atomic E-state index is 12.6. The van der Waals surface area contributed by atoms with Crippen LogP contribution >= 0.6 is 11.6 Å². The fraction of sp³-hybridized carbons (Fsp3) is 0.125. The molecule has 0 fully saturated rings. The molecule has 6 heteroatoms. The Morgan fingerprint density at radius 1 is 1.03 bits per heavy atom. The lowest BCUT2D eigenvalue weighted by atomic mass is 10.1. The third-order valence-corrected chi connectivity index (χ3v) is 5.04. The maximum Gasteiger partial charge on any atom is 0.246 e. The van der Waals surface area contributed by atoms with Crippen LogP contribution in [-0.4, -0.2) is 21.5 Å². The number of amides is 1. The van der Waals surface area contributed by atoms with Gasteiger partial charge in [-0.2, -0.15) is 5.10 Å². The van der Waals surface area contributed by atoms with E-state index in [-0.39, 0.29) is 12.3 Å². The molecule has 2 heterocycles. The van der Waals surface area contributed by atoms with E-state index in [4.69, 9.17) is 16.6 Å². The number of hydrogen-bond donors (Lipinski definition) is 1. The molecular formula is C24H21ClN4O. The van der Waals surface area contributed by atoms with E-state index in [0.29, 0.717) is 5.02 Å². The van der Waals surface area contributed by atoms with E-state index in [9.17, 15) is 4.79 Å². The van der Waals surface area contributed by atoms with E-state index in [1.807, 2.05) is 73.0 Å². The van der Waals surface area contributed by atoms with Crippen LogP contribution in [0.15, 0.2) is 72.0 Å². The van der Waals surface area contributed by atoms with Gasteiger partial charge in [-0.05, 0) is 43.2 Å². The number of hydrazone groups is 1. The smallest absolute Gasteiger partial charge is 0.246 e. The third-order valence-electron chi connectivity index (χ3n) is 4.79. The number of aryl methyl sites for hydroxylation is 2. The molecule has 5 nitrogen and oxygen atoms in total. The standard InChI is InChI=1S/C24H21ClN4O/c1-16-3-8-19(9-4-16)24-21(29-15-17(2)5-12-22(29)27-24)13-23(30)28-26-14-18-6-10-20(25)11-7-18/h3-12,14-15H,13H2,1-2H3,(H,28,30). The highest BCUT2D eigenvalue weighted by atomic mass is 35.5. The minimum atomic E-state index is -0.211. The molecule has 0 aliphatic rings. The predicted molar refractivity (Wildman–Crippen MR) is 121 cm³/mol. The number of pyridine rings is 1. The molecule has 1 N–H and O–H groups in total. The lowest BCUT2D eigenvalue weighted by Crippen LogP contribution is -2.21. The SMILES string of the molecule is Cc1ccc(-c2nc3ccc(C)cn3c2CC(=O)NN=Cc2ccc(Cl)cc2)cc1. The molecule has 0 unspecified atom stereocenters. The van der Waals surface area contributed by atoms with Crippen molar-refractivity contribution in [2.45, 2.75) is 20.3 Å². The number of hydrogen-bond acceptors (Lipinski definition) is 3. The van der Waals surface area contributed by atoms with Gasteiger partial charge in [-0.15, -0.1) is 0 Å². The molecule has 4 rings (SSSR count). The Morgan fingerprint density at radius 2 is 1.73 bits per heavy atom.